The van der Waals surface area contributed by atoms with Gasteiger partial charge in [-0.15, -0.1) is 0 Å². The Hall–Kier alpha value is -1.59. The summed E-state index contributed by atoms with van der Waals surface area (Å²) < 4.78 is 0. The average Bonchev–Trinajstić information content (AvgIpc) is 3.18. The van der Waals surface area contributed by atoms with Gasteiger partial charge < -0.3 is 4.90 Å². The summed E-state index contributed by atoms with van der Waals surface area (Å²) in [5.41, 5.74) is 1.02. The summed E-state index contributed by atoms with van der Waals surface area (Å²) in [6.45, 7) is 1.43. The van der Waals surface area contributed by atoms with Gasteiger partial charge in [-0.2, -0.15) is 15.0 Å². The maximum absolute atomic E-state index is 12.3. The summed E-state index contributed by atoms with van der Waals surface area (Å²) in [6.07, 6.45) is 5.35. The molecule has 116 valence electrons. The van der Waals surface area contributed by atoms with E-state index >= 15 is 0 Å². The molecule has 0 spiro atoms. The van der Waals surface area contributed by atoms with Crippen molar-refractivity contribution < 1.29 is 4.79 Å². The van der Waals surface area contributed by atoms with Gasteiger partial charge >= 0.3 is 0 Å². The molecule has 1 aliphatic heterocycles. The second kappa shape index (κ2) is 6.67. The number of nitrogens with zero attached hydrogens (tertiary/aromatic N) is 4. The molecule has 1 aromatic heterocycles. The normalized spacial score (nSPS) is 17.9. The number of hydrogen-bond acceptors (Lipinski definition) is 3. The Morgan fingerprint density at radius 1 is 1.23 bits per heavy atom. The first-order valence-electron chi connectivity index (χ1n) is 7.21. The molecule has 22 heavy (non-hydrogen) atoms. The zero-order valence-electron chi connectivity index (χ0n) is 12.0. The van der Waals surface area contributed by atoms with Crippen molar-refractivity contribution in [3.63, 3.8) is 0 Å². The number of hydrogen-bond donors (Lipinski definition) is 0. The van der Waals surface area contributed by atoms with Gasteiger partial charge in [0.1, 0.15) is 0 Å². The van der Waals surface area contributed by atoms with Crippen LogP contribution in [0.4, 0.5) is 0 Å². The summed E-state index contributed by atoms with van der Waals surface area (Å²) in [6, 6.07) is 5.67. The molecule has 1 amide bonds. The fourth-order valence-corrected chi connectivity index (χ4v) is 3.00. The van der Waals surface area contributed by atoms with Crippen LogP contribution in [0, 0.1) is 0 Å². The lowest BCUT2D eigenvalue weighted by atomic mass is 10.1. The summed E-state index contributed by atoms with van der Waals surface area (Å²) in [7, 11) is 0. The van der Waals surface area contributed by atoms with Gasteiger partial charge in [-0.1, -0.05) is 29.3 Å². The summed E-state index contributed by atoms with van der Waals surface area (Å²) in [4.78, 5) is 15.9. The second-order valence-corrected chi connectivity index (χ2v) is 6.19. The van der Waals surface area contributed by atoms with E-state index in [1.165, 1.54) is 0 Å². The smallest absolute Gasteiger partial charge is 0.222 e. The van der Waals surface area contributed by atoms with Crippen LogP contribution in [0.3, 0.4) is 0 Å². The second-order valence-electron chi connectivity index (χ2n) is 5.38. The van der Waals surface area contributed by atoms with Gasteiger partial charge in [-0.25, -0.2) is 0 Å². The molecule has 0 N–H and O–H groups in total. The van der Waals surface area contributed by atoms with E-state index in [9.17, 15) is 4.79 Å². The van der Waals surface area contributed by atoms with Gasteiger partial charge in [-0.3, -0.25) is 4.79 Å². The molecule has 1 fully saturated rings. The number of carbonyl (C=O) groups is 1. The van der Waals surface area contributed by atoms with Crippen LogP contribution in [0.5, 0.6) is 0 Å². The van der Waals surface area contributed by atoms with Crippen molar-refractivity contribution in [2.75, 3.05) is 13.1 Å². The number of carbonyl (C=O) groups excluding carboxylic acids is 1. The molecule has 2 heterocycles. The molecule has 0 bridgehead atoms. The molecule has 1 atom stereocenters. The van der Waals surface area contributed by atoms with Crippen LogP contribution in [-0.4, -0.2) is 38.9 Å². The molecular weight excluding hydrogens is 323 g/mol. The molecular formula is C15H16Cl2N4O. The van der Waals surface area contributed by atoms with Crippen LogP contribution in [-0.2, 0) is 11.2 Å². The molecule has 0 radical (unpaired) electrons. The minimum atomic E-state index is 0.153. The van der Waals surface area contributed by atoms with E-state index in [0.29, 0.717) is 29.4 Å². The molecule has 1 aliphatic rings. The molecule has 5 nitrogen and oxygen atoms in total. The Morgan fingerprint density at radius 2 is 2.00 bits per heavy atom. The third-order valence-electron chi connectivity index (χ3n) is 3.89. The molecule has 7 heteroatoms. The number of amides is 1. The average molecular weight is 339 g/mol. The third kappa shape index (κ3) is 3.42. The molecule has 2 aromatic rings. The molecule has 0 aliphatic carbocycles. The van der Waals surface area contributed by atoms with Crippen molar-refractivity contribution in [1.29, 1.82) is 0 Å². The number of aryl methyl sites for hydroxylation is 1. The van der Waals surface area contributed by atoms with E-state index in [-0.39, 0.29) is 11.9 Å². The van der Waals surface area contributed by atoms with Crippen LogP contribution < -0.4 is 0 Å². The van der Waals surface area contributed by atoms with E-state index in [1.54, 1.807) is 23.3 Å². The van der Waals surface area contributed by atoms with Crippen LogP contribution in [0.1, 0.15) is 24.4 Å². The molecule has 1 saturated heterocycles. The van der Waals surface area contributed by atoms with E-state index in [2.05, 4.69) is 10.2 Å². The highest BCUT2D eigenvalue weighted by Gasteiger charge is 2.27. The van der Waals surface area contributed by atoms with Crippen molar-refractivity contribution in [2.24, 2.45) is 0 Å². The highest BCUT2D eigenvalue weighted by atomic mass is 35.5. The van der Waals surface area contributed by atoms with Crippen LogP contribution >= 0.6 is 23.2 Å². The SMILES string of the molecule is O=C(CCc1ccc(Cl)c(Cl)c1)N1CC[C@@H](n2nccn2)C1. The van der Waals surface area contributed by atoms with Crippen molar-refractivity contribution >= 4 is 29.1 Å². The Kier molecular flexibility index (Phi) is 4.64. The molecule has 0 unspecified atom stereocenters. The van der Waals surface area contributed by atoms with Crippen molar-refractivity contribution in [2.45, 2.75) is 25.3 Å². The van der Waals surface area contributed by atoms with Crippen LogP contribution in [0.15, 0.2) is 30.6 Å². The predicted molar refractivity (Wildman–Crippen MR) is 85.0 cm³/mol. The molecule has 0 saturated carbocycles. The van der Waals surface area contributed by atoms with E-state index in [1.807, 2.05) is 17.0 Å². The minimum absolute atomic E-state index is 0.153. The van der Waals surface area contributed by atoms with Crippen LogP contribution in [0.2, 0.25) is 10.0 Å². The maximum atomic E-state index is 12.3. The lowest BCUT2D eigenvalue weighted by Gasteiger charge is -2.16. The Labute approximate surface area is 138 Å². The zero-order valence-corrected chi connectivity index (χ0v) is 13.5. The number of aromatic nitrogens is 3. The molecule has 1 aromatic carbocycles. The van der Waals surface area contributed by atoms with Gasteiger partial charge in [0.25, 0.3) is 0 Å². The van der Waals surface area contributed by atoms with Gasteiger partial charge in [0, 0.05) is 19.5 Å². The highest BCUT2D eigenvalue weighted by Crippen LogP contribution is 2.24. The van der Waals surface area contributed by atoms with E-state index in [4.69, 9.17) is 23.2 Å². The first-order chi connectivity index (χ1) is 10.6. The predicted octanol–water partition coefficient (Wildman–Crippen LogP) is 2.99. The number of rotatable bonds is 4. The largest absolute Gasteiger partial charge is 0.340 e. The topological polar surface area (TPSA) is 51.0 Å². The Balaban J connectivity index is 1.53. The number of halogens is 2. The summed E-state index contributed by atoms with van der Waals surface area (Å²) >= 11 is 11.9. The Morgan fingerprint density at radius 3 is 2.73 bits per heavy atom. The van der Waals surface area contributed by atoms with Crippen molar-refractivity contribution in [1.82, 2.24) is 19.9 Å². The lowest BCUT2D eigenvalue weighted by molar-refractivity contribution is -0.130. The van der Waals surface area contributed by atoms with Crippen molar-refractivity contribution in [3.05, 3.63) is 46.2 Å². The van der Waals surface area contributed by atoms with Gasteiger partial charge in [0.05, 0.1) is 28.5 Å². The van der Waals surface area contributed by atoms with E-state index < -0.39 is 0 Å². The fraction of sp³-hybridized carbons (Fsp3) is 0.400. The number of benzene rings is 1. The van der Waals surface area contributed by atoms with Gasteiger partial charge in [0.15, 0.2) is 0 Å². The highest BCUT2D eigenvalue weighted by molar-refractivity contribution is 6.42. The fourth-order valence-electron chi connectivity index (χ4n) is 2.68. The quantitative estimate of drug-likeness (QED) is 0.860. The Bertz CT molecular complexity index is 660. The summed E-state index contributed by atoms with van der Waals surface area (Å²) in [5, 5.41) is 9.35. The van der Waals surface area contributed by atoms with E-state index in [0.717, 1.165) is 18.5 Å². The number of likely N-dealkylation sites (tertiary alicyclic amines) is 1. The van der Waals surface area contributed by atoms with Gasteiger partial charge in [0.2, 0.25) is 5.91 Å². The first kappa shape index (κ1) is 15.3. The zero-order chi connectivity index (χ0) is 15.5. The minimum Gasteiger partial charge on any atom is -0.340 e. The lowest BCUT2D eigenvalue weighted by Crippen LogP contribution is -2.29. The standard InChI is InChI=1S/C15H16Cl2N4O/c16-13-3-1-11(9-14(13)17)2-4-15(22)20-8-5-12(10-20)21-18-6-7-19-21/h1,3,6-7,9,12H,2,4-5,8,10H2/t12-/m1/s1. The third-order valence-corrected chi connectivity index (χ3v) is 4.63. The van der Waals surface area contributed by atoms with Gasteiger partial charge in [-0.05, 0) is 30.5 Å². The maximum Gasteiger partial charge on any atom is 0.222 e. The monoisotopic (exact) mass is 338 g/mol. The summed E-state index contributed by atoms with van der Waals surface area (Å²) in [5.74, 6) is 0.153. The van der Waals surface area contributed by atoms with Crippen molar-refractivity contribution in [3.8, 4) is 0 Å². The molecule has 3 rings (SSSR count). The van der Waals surface area contributed by atoms with Crippen LogP contribution in [0.25, 0.3) is 0 Å². The first-order valence-corrected chi connectivity index (χ1v) is 7.96.